The van der Waals surface area contributed by atoms with Gasteiger partial charge in [-0.05, 0) is 90.9 Å². The lowest BCUT2D eigenvalue weighted by Gasteiger charge is -2.47. The number of benzene rings is 1. The summed E-state index contributed by atoms with van der Waals surface area (Å²) in [5.74, 6) is 0.849. The quantitative estimate of drug-likeness (QED) is 0.543. The lowest BCUT2D eigenvalue weighted by Crippen LogP contribution is -2.47. The van der Waals surface area contributed by atoms with Crippen molar-refractivity contribution in [3.63, 3.8) is 0 Å². The van der Waals surface area contributed by atoms with Gasteiger partial charge >= 0.3 is 0 Å². The third-order valence-electron chi connectivity index (χ3n) is 8.98. The van der Waals surface area contributed by atoms with Crippen LogP contribution in [0.2, 0.25) is 0 Å². The molecule has 1 atom stereocenters. The first-order chi connectivity index (χ1) is 17.1. The highest BCUT2D eigenvalue weighted by Gasteiger charge is 2.41. The molecular weight excluding hydrogens is 436 g/mol. The Morgan fingerprint density at radius 2 is 1.77 bits per heavy atom. The van der Waals surface area contributed by atoms with Crippen molar-refractivity contribution in [2.24, 2.45) is 5.41 Å². The van der Waals surface area contributed by atoms with Crippen LogP contribution in [0.1, 0.15) is 106 Å². The number of tetrazole rings is 1. The fourth-order valence-electron chi connectivity index (χ4n) is 7.18. The number of aryl methyl sites for hydroxylation is 1. The van der Waals surface area contributed by atoms with Crippen molar-refractivity contribution in [1.82, 2.24) is 30.1 Å². The summed E-state index contributed by atoms with van der Waals surface area (Å²) >= 11 is 0. The Morgan fingerprint density at radius 1 is 1.00 bits per heavy atom. The fourth-order valence-corrected chi connectivity index (χ4v) is 7.18. The van der Waals surface area contributed by atoms with Crippen LogP contribution in [0.25, 0.3) is 10.9 Å². The number of H-pyrrole nitrogens is 1. The van der Waals surface area contributed by atoms with E-state index in [2.05, 4.69) is 61.3 Å². The molecule has 0 unspecified atom stereocenters. The van der Waals surface area contributed by atoms with Crippen LogP contribution in [-0.2, 0) is 0 Å². The monoisotopic (exact) mass is 474 g/mol. The van der Waals surface area contributed by atoms with Crippen molar-refractivity contribution in [1.29, 1.82) is 0 Å². The first kappa shape index (κ1) is 22.9. The molecule has 3 aromatic rings. The molecule has 0 amide bonds. The van der Waals surface area contributed by atoms with Crippen molar-refractivity contribution in [3.05, 3.63) is 51.6 Å². The van der Waals surface area contributed by atoms with Gasteiger partial charge in [0.1, 0.15) is 6.04 Å². The van der Waals surface area contributed by atoms with Crippen LogP contribution in [0, 0.1) is 12.3 Å². The van der Waals surface area contributed by atoms with Gasteiger partial charge < -0.3 is 4.98 Å². The van der Waals surface area contributed by atoms with Gasteiger partial charge in [-0.3, -0.25) is 9.69 Å². The zero-order valence-corrected chi connectivity index (χ0v) is 21.0. The van der Waals surface area contributed by atoms with Crippen molar-refractivity contribution >= 4 is 10.9 Å². The summed E-state index contributed by atoms with van der Waals surface area (Å²) in [6, 6.07) is 8.49. The molecule has 1 aromatic carbocycles. The largest absolute Gasteiger partial charge is 0.322 e. The van der Waals surface area contributed by atoms with Crippen LogP contribution < -0.4 is 5.56 Å². The van der Waals surface area contributed by atoms with Gasteiger partial charge in [-0.1, -0.05) is 50.7 Å². The van der Waals surface area contributed by atoms with E-state index in [-0.39, 0.29) is 11.6 Å². The molecule has 186 valence electrons. The number of pyridine rings is 1. The Hall–Kier alpha value is -2.54. The summed E-state index contributed by atoms with van der Waals surface area (Å²) in [4.78, 5) is 19.4. The lowest BCUT2D eigenvalue weighted by molar-refractivity contribution is 0.0332. The summed E-state index contributed by atoms with van der Waals surface area (Å²) in [5, 5.41) is 14.4. The number of piperidine rings is 1. The van der Waals surface area contributed by atoms with Crippen molar-refractivity contribution in [2.45, 2.75) is 96.1 Å². The van der Waals surface area contributed by atoms with Gasteiger partial charge in [0.05, 0.1) is 6.04 Å². The van der Waals surface area contributed by atoms with Gasteiger partial charge in [0.25, 0.3) is 5.56 Å². The minimum absolute atomic E-state index is 0.0189. The molecule has 2 aliphatic carbocycles. The van der Waals surface area contributed by atoms with Gasteiger partial charge in [0, 0.05) is 17.6 Å². The average Bonchev–Trinajstić information content (AvgIpc) is 3.35. The Kier molecular flexibility index (Phi) is 6.21. The van der Waals surface area contributed by atoms with Crippen LogP contribution in [0.5, 0.6) is 0 Å². The molecule has 7 heteroatoms. The molecule has 6 rings (SSSR count). The van der Waals surface area contributed by atoms with Gasteiger partial charge in [0.2, 0.25) is 0 Å². The van der Waals surface area contributed by atoms with Crippen molar-refractivity contribution < 1.29 is 0 Å². The van der Waals surface area contributed by atoms with E-state index < -0.39 is 0 Å². The molecule has 1 spiro atoms. The average molecular weight is 475 g/mol. The zero-order chi connectivity index (χ0) is 23.8. The summed E-state index contributed by atoms with van der Waals surface area (Å²) in [5.41, 5.74) is 3.18. The van der Waals surface area contributed by atoms with E-state index >= 15 is 0 Å². The minimum atomic E-state index is -0.222. The van der Waals surface area contributed by atoms with Crippen molar-refractivity contribution in [3.8, 4) is 0 Å². The van der Waals surface area contributed by atoms with Crippen LogP contribution in [-0.4, -0.2) is 43.2 Å². The van der Waals surface area contributed by atoms with E-state index in [9.17, 15) is 4.79 Å². The smallest absolute Gasteiger partial charge is 0.253 e. The minimum Gasteiger partial charge on any atom is -0.322 e. The molecule has 0 bridgehead atoms. The first-order valence-electron chi connectivity index (χ1n) is 13.8. The third-order valence-corrected chi connectivity index (χ3v) is 8.98. The molecule has 0 radical (unpaired) electrons. The second kappa shape index (κ2) is 9.49. The molecular formula is C28H38N6O. The maximum atomic E-state index is 13.6. The maximum Gasteiger partial charge on any atom is 0.253 e. The van der Waals surface area contributed by atoms with Crippen LogP contribution in [0.15, 0.2) is 29.1 Å². The predicted molar refractivity (Wildman–Crippen MR) is 137 cm³/mol. The topological polar surface area (TPSA) is 79.7 Å². The van der Waals surface area contributed by atoms with Crippen LogP contribution >= 0.6 is 0 Å². The van der Waals surface area contributed by atoms with E-state index in [0.717, 1.165) is 53.8 Å². The van der Waals surface area contributed by atoms with Gasteiger partial charge in [-0.2, -0.15) is 0 Å². The summed E-state index contributed by atoms with van der Waals surface area (Å²) in [7, 11) is 0. The van der Waals surface area contributed by atoms with Crippen LogP contribution in [0.4, 0.5) is 0 Å². The molecule has 3 fully saturated rings. The van der Waals surface area contributed by atoms with E-state index in [1.807, 2.05) is 0 Å². The molecule has 3 aliphatic rings. The van der Waals surface area contributed by atoms with E-state index in [1.165, 1.54) is 64.2 Å². The molecule has 35 heavy (non-hydrogen) atoms. The molecule has 7 nitrogen and oxygen atoms in total. The maximum absolute atomic E-state index is 13.6. The summed E-state index contributed by atoms with van der Waals surface area (Å²) in [6.07, 6.45) is 15.0. The zero-order valence-electron chi connectivity index (χ0n) is 21.0. The Morgan fingerprint density at radius 3 is 2.60 bits per heavy atom. The fraction of sp³-hybridized carbons (Fsp3) is 0.643. The highest BCUT2D eigenvalue weighted by Crippen LogP contribution is 2.46. The Bertz CT molecular complexity index is 1230. The number of aromatic amines is 1. The Balaban J connectivity index is 1.46. The molecule has 3 heterocycles. The molecule has 2 aromatic heterocycles. The highest BCUT2D eigenvalue weighted by atomic mass is 16.1. The molecule has 1 N–H and O–H groups in total. The van der Waals surface area contributed by atoms with E-state index in [0.29, 0.717) is 11.5 Å². The van der Waals surface area contributed by atoms with Gasteiger partial charge in [-0.25, -0.2) is 4.68 Å². The number of rotatable bonds is 4. The predicted octanol–water partition coefficient (Wildman–Crippen LogP) is 5.46. The number of likely N-dealkylation sites (tertiary alicyclic amines) is 1. The molecule has 1 saturated heterocycles. The van der Waals surface area contributed by atoms with Gasteiger partial charge in [0.15, 0.2) is 5.82 Å². The first-order valence-corrected chi connectivity index (χ1v) is 13.8. The number of nitrogens with one attached hydrogen (secondary N) is 1. The number of fused-ring (bicyclic) bond motifs is 1. The number of hydrogen-bond donors (Lipinski definition) is 1. The number of aromatic nitrogens is 5. The van der Waals surface area contributed by atoms with Gasteiger partial charge in [-0.15, -0.1) is 5.10 Å². The second-order valence-electron chi connectivity index (χ2n) is 11.5. The number of hydrogen-bond acceptors (Lipinski definition) is 5. The second-order valence-corrected chi connectivity index (χ2v) is 11.5. The Labute approximate surface area is 207 Å². The van der Waals surface area contributed by atoms with E-state index in [4.69, 9.17) is 0 Å². The highest BCUT2D eigenvalue weighted by molar-refractivity contribution is 5.79. The summed E-state index contributed by atoms with van der Waals surface area (Å²) < 4.78 is 2.07. The standard InChI is InChI=1S/C28H38N6O/c1-20-11-12-21-18-23(27(35)29-24(21)17-20)25(26-30-31-32-34(26)22-9-4-2-5-10-22)33-16-8-15-28(19-33)13-6-3-7-14-28/h11-12,17-18,22,25H,2-10,13-16,19H2,1H3,(H,29,35)/t25-/m1/s1. The molecule has 1 aliphatic heterocycles. The SMILES string of the molecule is Cc1ccc2cc([C@H](c3nnnn3C3CCCCC3)N3CCCC4(CCCCC4)C3)c(=O)[nH]c2c1. The third kappa shape index (κ3) is 4.44. The normalized spacial score (nSPS) is 22.5. The lowest BCUT2D eigenvalue weighted by atomic mass is 9.69. The van der Waals surface area contributed by atoms with E-state index in [1.54, 1.807) is 0 Å². The number of nitrogens with zero attached hydrogens (tertiary/aromatic N) is 5. The molecule has 2 saturated carbocycles. The van der Waals surface area contributed by atoms with Crippen LogP contribution in [0.3, 0.4) is 0 Å². The van der Waals surface area contributed by atoms with Crippen molar-refractivity contribution in [2.75, 3.05) is 13.1 Å². The summed E-state index contributed by atoms with van der Waals surface area (Å²) in [6.45, 7) is 4.07.